The number of benzene rings is 1. The summed E-state index contributed by atoms with van der Waals surface area (Å²) in [7, 11) is 0. The number of fused-ring (bicyclic) bond motifs is 1. The number of carbonyl (C=O) groups is 2. The van der Waals surface area contributed by atoms with E-state index >= 15 is 0 Å². The van der Waals surface area contributed by atoms with Crippen molar-refractivity contribution in [2.75, 3.05) is 11.4 Å². The molecule has 0 spiro atoms. The number of rotatable bonds is 1. The maximum absolute atomic E-state index is 11.3. The van der Waals surface area contributed by atoms with Crippen molar-refractivity contribution in [2.45, 2.75) is 0 Å². The molecule has 1 aliphatic heterocycles. The Kier molecular flexibility index (Phi) is 1.65. The third kappa shape index (κ3) is 0.967. The largest absolute Gasteiger partial charge is 0.305 e. The van der Waals surface area contributed by atoms with Crippen LogP contribution in [-0.4, -0.2) is 18.2 Å². The van der Waals surface area contributed by atoms with Gasteiger partial charge >= 0.3 is 0 Å². The van der Waals surface area contributed by atoms with E-state index in [-0.39, 0.29) is 0 Å². The molecule has 0 saturated carbocycles. The molecular formula is C10H8NO2. The summed E-state index contributed by atoms with van der Waals surface area (Å²) in [6.07, 6.45) is 0. The van der Waals surface area contributed by atoms with Crippen LogP contribution in [0.5, 0.6) is 0 Å². The van der Waals surface area contributed by atoms with Gasteiger partial charge in [-0.25, -0.2) is 0 Å². The molecule has 1 aromatic rings. The molecular weight excluding hydrogens is 166 g/mol. The molecule has 0 unspecified atom stereocenters. The van der Waals surface area contributed by atoms with Crippen molar-refractivity contribution in [1.82, 2.24) is 0 Å². The monoisotopic (exact) mass is 174 g/mol. The Morgan fingerprint density at radius 3 is 2.62 bits per heavy atom. The van der Waals surface area contributed by atoms with Crippen LogP contribution in [0.15, 0.2) is 24.3 Å². The third-order valence-corrected chi connectivity index (χ3v) is 2.10. The molecule has 2 rings (SSSR count). The summed E-state index contributed by atoms with van der Waals surface area (Å²) < 4.78 is 0. The Labute approximate surface area is 76.0 Å². The van der Waals surface area contributed by atoms with Crippen molar-refractivity contribution < 1.29 is 9.59 Å². The van der Waals surface area contributed by atoms with E-state index in [1.807, 2.05) is 0 Å². The summed E-state index contributed by atoms with van der Waals surface area (Å²) >= 11 is 0. The molecule has 13 heavy (non-hydrogen) atoms. The molecule has 0 aromatic heterocycles. The molecule has 0 fully saturated rings. The summed E-state index contributed by atoms with van der Waals surface area (Å²) in [6, 6.07) is 6.96. The quantitative estimate of drug-likeness (QED) is 0.597. The Morgan fingerprint density at radius 2 is 1.92 bits per heavy atom. The van der Waals surface area contributed by atoms with Crippen LogP contribution in [-0.2, 0) is 4.79 Å². The predicted octanol–water partition coefficient (Wildman–Crippen LogP) is 1.05. The fourth-order valence-electron chi connectivity index (χ4n) is 1.47. The lowest BCUT2D eigenvalue weighted by Crippen LogP contribution is -2.29. The van der Waals surface area contributed by atoms with E-state index in [1.165, 1.54) is 4.90 Å². The zero-order valence-electron chi connectivity index (χ0n) is 6.99. The van der Waals surface area contributed by atoms with Crippen LogP contribution in [0.1, 0.15) is 10.4 Å². The second-order valence-corrected chi connectivity index (χ2v) is 2.80. The van der Waals surface area contributed by atoms with Gasteiger partial charge in [0.05, 0.1) is 11.3 Å². The van der Waals surface area contributed by atoms with Crippen molar-refractivity contribution in [3.8, 4) is 0 Å². The minimum absolute atomic E-state index is 0.293. The minimum atomic E-state index is -0.476. The topological polar surface area (TPSA) is 37.4 Å². The third-order valence-electron chi connectivity index (χ3n) is 2.10. The molecule has 0 atom stereocenters. The van der Waals surface area contributed by atoms with E-state index in [4.69, 9.17) is 0 Å². The van der Waals surface area contributed by atoms with Crippen LogP contribution in [0.4, 0.5) is 5.69 Å². The zero-order valence-corrected chi connectivity index (χ0v) is 6.99. The van der Waals surface area contributed by atoms with E-state index in [1.54, 1.807) is 24.3 Å². The van der Waals surface area contributed by atoms with Gasteiger partial charge in [0, 0.05) is 6.54 Å². The van der Waals surface area contributed by atoms with E-state index in [9.17, 15) is 9.59 Å². The second-order valence-electron chi connectivity index (χ2n) is 2.80. The van der Waals surface area contributed by atoms with E-state index < -0.39 is 11.7 Å². The number of Topliss-reactive ketones (excluding diaryl/α,β-unsaturated/α-hetero) is 1. The lowest BCUT2D eigenvalue weighted by Gasteiger charge is -2.12. The molecule has 0 saturated heterocycles. The molecule has 1 heterocycles. The van der Waals surface area contributed by atoms with Crippen LogP contribution in [0.25, 0.3) is 0 Å². The van der Waals surface area contributed by atoms with Crippen LogP contribution in [0.2, 0.25) is 0 Å². The summed E-state index contributed by atoms with van der Waals surface area (Å²) in [6.45, 7) is 3.90. The van der Waals surface area contributed by atoms with Crippen molar-refractivity contribution in [1.29, 1.82) is 0 Å². The standard InChI is InChI=1S/C10H8NO2/c1-2-11-8-6-4-3-5-7(8)9(12)10(11)13/h3-6H,1-2H2. The maximum atomic E-state index is 11.3. The Balaban J connectivity index is 2.60. The van der Waals surface area contributed by atoms with Gasteiger partial charge < -0.3 is 4.90 Å². The number of anilines is 1. The number of hydrogen-bond acceptors (Lipinski definition) is 2. The average Bonchev–Trinajstić information content (AvgIpc) is 2.41. The average molecular weight is 174 g/mol. The molecule has 0 N–H and O–H groups in total. The first kappa shape index (κ1) is 7.98. The van der Waals surface area contributed by atoms with Gasteiger partial charge in [0.2, 0.25) is 0 Å². The van der Waals surface area contributed by atoms with Gasteiger partial charge in [0.25, 0.3) is 11.7 Å². The van der Waals surface area contributed by atoms with Crippen molar-refractivity contribution in [2.24, 2.45) is 0 Å². The number of nitrogens with zero attached hydrogens (tertiary/aromatic N) is 1. The molecule has 3 nitrogen and oxygen atoms in total. The van der Waals surface area contributed by atoms with Gasteiger partial charge in [0.1, 0.15) is 0 Å². The Morgan fingerprint density at radius 1 is 1.23 bits per heavy atom. The highest BCUT2D eigenvalue weighted by atomic mass is 16.2. The maximum Gasteiger partial charge on any atom is 0.299 e. The van der Waals surface area contributed by atoms with Gasteiger partial charge in [-0.1, -0.05) is 12.1 Å². The van der Waals surface area contributed by atoms with Crippen LogP contribution in [0, 0.1) is 6.92 Å². The minimum Gasteiger partial charge on any atom is -0.305 e. The Bertz CT molecular complexity index is 384. The van der Waals surface area contributed by atoms with Crippen LogP contribution in [0.3, 0.4) is 0 Å². The smallest absolute Gasteiger partial charge is 0.299 e. The first-order valence-electron chi connectivity index (χ1n) is 4.00. The summed E-state index contributed by atoms with van der Waals surface area (Å²) in [4.78, 5) is 24.1. The molecule has 1 aliphatic rings. The van der Waals surface area contributed by atoms with Crippen LogP contribution < -0.4 is 4.90 Å². The molecule has 1 radical (unpaired) electrons. The highest BCUT2D eigenvalue weighted by Crippen LogP contribution is 2.27. The SMILES string of the molecule is [CH2]CN1C(=O)C(=O)c2ccccc21. The van der Waals surface area contributed by atoms with Gasteiger partial charge in [-0.15, -0.1) is 0 Å². The predicted molar refractivity (Wildman–Crippen MR) is 48.5 cm³/mol. The molecule has 0 aliphatic carbocycles. The Hall–Kier alpha value is -1.64. The summed E-state index contributed by atoms with van der Waals surface area (Å²) in [5.41, 5.74) is 1.16. The summed E-state index contributed by atoms with van der Waals surface area (Å²) in [5, 5.41) is 0. The highest BCUT2D eigenvalue weighted by molar-refractivity contribution is 6.52. The van der Waals surface area contributed by atoms with Crippen molar-refractivity contribution >= 4 is 17.4 Å². The van der Waals surface area contributed by atoms with E-state index in [2.05, 4.69) is 6.92 Å². The van der Waals surface area contributed by atoms with Gasteiger partial charge in [-0.2, -0.15) is 0 Å². The fraction of sp³-hybridized carbons (Fsp3) is 0.100. The second kappa shape index (κ2) is 2.69. The highest BCUT2D eigenvalue weighted by Gasteiger charge is 2.33. The van der Waals surface area contributed by atoms with Gasteiger partial charge in [-0.05, 0) is 19.1 Å². The van der Waals surface area contributed by atoms with Gasteiger partial charge in [0.15, 0.2) is 0 Å². The molecule has 0 bridgehead atoms. The van der Waals surface area contributed by atoms with Crippen molar-refractivity contribution in [3.63, 3.8) is 0 Å². The summed E-state index contributed by atoms with van der Waals surface area (Å²) in [5.74, 6) is -0.907. The molecule has 1 amide bonds. The molecule has 65 valence electrons. The zero-order chi connectivity index (χ0) is 9.42. The first-order valence-corrected chi connectivity index (χ1v) is 4.00. The fourth-order valence-corrected chi connectivity index (χ4v) is 1.47. The lowest BCUT2D eigenvalue weighted by atomic mass is 10.1. The van der Waals surface area contributed by atoms with E-state index in [0.717, 1.165) is 0 Å². The number of hydrogen-bond donors (Lipinski definition) is 0. The first-order chi connectivity index (χ1) is 6.25. The van der Waals surface area contributed by atoms with Crippen molar-refractivity contribution in [3.05, 3.63) is 36.8 Å². The molecule has 3 heteroatoms. The normalized spacial score (nSPS) is 15.0. The number of amides is 1. The van der Waals surface area contributed by atoms with Crippen LogP contribution >= 0.6 is 0 Å². The van der Waals surface area contributed by atoms with E-state index in [0.29, 0.717) is 17.8 Å². The number of carbonyl (C=O) groups excluding carboxylic acids is 2. The molecule has 1 aromatic carbocycles. The number of ketones is 1. The lowest BCUT2D eigenvalue weighted by molar-refractivity contribution is -0.114. The number of para-hydroxylation sites is 1. The van der Waals surface area contributed by atoms with Gasteiger partial charge in [-0.3, -0.25) is 9.59 Å².